The first kappa shape index (κ1) is 11.0. The minimum Gasteiger partial charge on any atom is -0.300 e. The number of hydrogen-bond donors (Lipinski definition) is 0. The van der Waals surface area contributed by atoms with Crippen molar-refractivity contribution in [3.63, 3.8) is 0 Å². The zero-order chi connectivity index (χ0) is 8.53. The molecule has 1 nitrogen and oxygen atoms in total. The molecule has 0 heterocycles. The van der Waals surface area contributed by atoms with Crippen LogP contribution in [0.15, 0.2) is 0 Å². The second-order valence-corrected chi connectivity index (χ2v) is 3.68. The van der Waals surface area contributed by atoms with Gasteiger partial charge in [-0.3, -0.25) is 4.79 Å². The zero-order valence-electron chi connectivity index (χ0n) is 7.56. The third-order valence-corrected chi connectivity index (χ3v) is 2.40. The van der Waals surface area contributed by atoms with Crippen molar-refractivity contribution in [2.75, 3.05) is 12.0 Å². The molecule has 0 amide bonds. The first-order chi connectivity index (χ1) is 5.31. The topological polar surface area (TPSA) is 17.1 Å². The Morgan fingerprint density at radius 2 is 2.00 bits per heavy atom. The maximum absolute atomic E-state index is 10.8. The Labute approximate surface area is 73.9 Å². The fourth-order valence-corrected chi connectivity index (χ4v) is 1.41. The maximum Gasteiger partial charge on any atom is 0.132 e. The molecule has 0 aromatic rings. The monoisotopic (exact) mass is 174 g/mol. The van der Waals surface area contributed by atoms with Crippen LogP contribution < -0.4 is 0 Å². The second kappa shape index (κ2) is 8.12. The summed E-state index contributed by atoms with van der Waals surface area (Å²) in [5.41, 5.74) is 0. The third kappa shape index (κ3) is 7.92. The lowest BCUT2D eigenvalue weighted by Gasteiger charge is -1.97. The maximum atomic E-state index is 10.8. The first-order valence-electron chi connectivity index (χ1n) is 4.32. The molecule has 0 atom stereocenters. The van der Waals surface area contributed by atoms with E-state index in [0.717, 1.165) is 12.8 Å². The third-order valence-electron chi connectivity index (χ3n) is 1.70. The van der Waals surface area contributed by atoms with Gasteiger partial charge in [0.1, 0.15) is 5.78 Å². The second-order valence-electron chi connectivity index (χ2n) is 2.70. The summed E-state index contributed by atoms with van der Waals surface area (Å²) in [7, 11) is 0. The van der Waals surface area contributed by atoms with Crippen LogP contribution >= 0.6 is 11.8 Å². The SMILES string of the molecule is CCC(=O)CCCCCSC. The van der Waals surface area contributed by atoms with Gasteiger partial charge < -0.3 is 0 Å². The highest BCUT2D eigenvalue weighted by atomic mass is 32.2. The van der Waals surface area contributed by atoms with Crippen molar-refractivity contribution in [2.45, 2.75) is 39.0 Å². The Bertz CT molecular complexity index is 102. The lowest BCUT2D eigenvalue weighted by atomic mass is 10.1. The molecule has 2 heteroatoms. The van der Waals surface area contributed by atoms with Crippen LogP contribution in [0.4, 0.5) is 0 Å². The minimum atomic E-state index is 0.411. The number of carbonyl (C=O) groups is 1. The predicted octanol–water partition coefficient (Wildman–Crippen LogP) is 2.89. The molecule has 66 valence electrons. The fraction of sp³-hybridized carbons (Fsp3) is 0.889. The molecule has 0 aliphatic heterocycles. The summed E-state index contributed by atoms with van der Waals surface area (Å²) in [6.45, 7) is 1.93. The predicted molar refractivity (Wildman–Crippen MR) is 52.1 cm³/mol. The lowest BCUT2D eigenvalue weighted by molar-refractivity contribution is -0.118. The van der Waals surface area contributed by atoms with E-state index in [1.807, 2.05) is 18.7 Å². The van der Waals surface area contributed by atoms with Gasteiger partial charge >= 0.3 is 0 Å². The Morgan fingerprint density at radius 1 is 1.27 bits per heavy atom. The van der Waals surface area contributed by atoms with E-state index in [1.54, 1.807) is 0 Å². The fourth-order valence-electron chi connectivity index (χ4n) is 0.922. The normalized spacial score (nSPS) is 10.0. The summed E-state index contributed by atoms with van der Waals surface area (Å²) < 4.78 is 0. The Kier molecular flexibility index (Phi) is 8.13. The molecule has 0 rings (SSSR count). The summed E-state index contributed by atoms with van der Waals surface area (Å²) in [5, 5.41) is 0. The first-order valence-corrected chi connectivity index (χ1v) is 5.71. The summed E-state index contributed by atoms with van der Waals surface area (Å²) in [6.07, 6.45) is 7.20. The van der Waals surface area contributed by atoms with E-state index in [1.165, 1.54) is 18.6 Å². The van der Waals surface area contributed by atoms with Gasteiger partial charge in [-0.2, -0.15) is 11.8 Å². The molecule has 0 aliphatic carbocycles. The van der Waals surface area contributed by atoms with Crippen LogP contribution in [0, 0.1) is 0 Å². The van der Waals surface area contributed by atoms with Crippen LogP contribution in [-0.2, 0) is 4.79 Å². The molecule has 0 aromatic heterocycles. The number of Topliss-reactive ketones (excluding diaryl/α,β-unsaturated/α-hetero) is 1. The molecule has 0 saturated carbocycles. The molecule has 0 saturated heterocycles. The van der Waals surface area contributed by atoms with E-state index in [0.29, 0.717) is 12.2 Å². The number of hydrogen-bond acceptors (Lipinski definition) is 2. The van der Waals surface area contributed by atoms with Gasteiger partial charge in [-0.05, 0) is 24.9 Å². The molecule has 0 unspecified atom stereocenters. The smallest absolute Gasteiger partial charge is 0.132 e. The zero-order valence-corrected chi connectivity index (χ0v) is 8.38. The van der Waals surface area contributed by atoms with Crippen molar-refractivity contribution in [3.8, 4) is 0 Å². The molecule has 0 bridgehead atoms. The standard InChI is InChI=1S/C9H18OS/c1-3-9(10)7-5-4-6-8-11-2/h3-8H2,1-2H3. The highest BCUT2D eigenvalue weighted by molar-refractivity contribution is 7.98. The molecule has 0 fully saturated rings. The summed E-state index contributed by atoms with van der Waals surface area (Å²) in [4.78, 5) is 10.8. The summed E-state index contributed by atoms with van der Waals surface area (Å²) in [5.74, 6) is 1.65. The lowest BCUT2D eigenvalue weighted by Crippen LogP contribution is -1.94. The van der Waals surface area contributed by atoms with Gasteiger partial charge in [0.15, 0.2) is 0 Å². The summed E-state index contributed by atoms with van der Waals surface area (Å²) in [6, 6.07) is 0. The molecule has 0 spiro atoms. The molecule has 0 aliphatic rings. The van der Waals surface area contributed by atoms with E-state index in [9.17, 15) is 4.79 Å². The Morgan fingerprint density at radius 3 is 2.55 bits per heavy atom. The van der Waals surface area contributed by atoms with Crippen LogP contribution in [0.3, 0.4) is 0 Å². The Balaban J connectivity index is 2.95. The van der Waals surface area contributed by atoms with Gasteiger partial charge in [-0.1, -0.05) is 13.3 Å². The molecule has 0 N–H and O–H groups in total. The minimum absolute atomic E-state index is 0.411. The average Bonchev–Trinajstić information content (AvgIpc) is 2.04. The molecule has 0 radical (unpaired) electrons. The summed E-state index contributed by atoms with van der Waals surface area (Å²) >= 11 is 1.88. The highest BCUT2D eigenvalue weighted by Gasteiger charge is 1.96. The van der Waals surface area contributed by atoms with Gasteiger partial charge in [0, 0.05) is 12.8 Å². The van der Waals surface area contributed by atoms with Gasteiger partial charge in [0.25, 0.3) is 0 Å². The van der Waals surface area contributed by atoms with Gasteiger partial charge in [0.05, 0.1) is 0 Å². The van der Waals surface area contributed by atoms with Crippen LogP contribution in [0.5, 0.6) is 0 Å². The van der Waals surface area contributed by atoms with E-state index in [-0.39, 0.29) is 0 Å². The van der Waals surface area contributed by atoms with Crippen molar-refractivity contribution in [2.24, 2.45) is 0 Å². The Hall–Kier alpha value is 0.0200. The van der Waals surface area contributed by atoms with Crippen LogP contribution in [-0.4, -0.2) is 17.8 Å². The molecule has 11 heavy (non-hydrogen) atoms. The largest absolute Gasteiger partial charge is 0.300 e. The number of ketones is 1. The van der Waals surface area contributed by atoms with Crippen molar-refractivity contribution < 1.29 is 4.79 Å². The number of thioether (sulfide) groups is 1. The molecule has 0 aromatic carbocycles. The highest BCUT2D eigenvalue weighted by Crippen LogP contribution is 2.05. The van der Waals surface area contributed by atoms with Gasteiger partial charge in [-0.25, -0.2) is 0 Å². The van der Waals surface area contributed by atoms with Gasteiger partial charge in [0.2, 0.25) is 0 Å². The van der Waals surface area contributed by atoms with E-state index < -0.39 is 0 Å². The van der Waals surface area contributed by atoms with Gasteiger partial charge in [-0.15, -0.1) is 0 Å². The van der Waals surface area contributed by atoms with E-state index in [4.69, 9.17) is 0 Å². The quantitative estimate of drug-likeness (QED) is 0.552. The van der Waals surface area contributed by atoms with Crippen molar-refractivity contribution >= 4 is 17.5 Å². The van der Waals surface area contributed by atoms with Crippen molar-refractivity contribution in [3.05, 3.63) is 0 Å². The van der Waals surface area contributed by atoms with Crippen molar-refractivity contribution in [1.82, 2.24) is 0 Å². The van der Waals surface area contributed by atoms with E-state index in [2.05, 4.69) is 6.26 Å². The average molecular weight is 174 g/mol. The van der Waals surface area contributed by atoms with Crippen LogP contribution in [0.25, 0.3) is 0 Å². The van der Waals surface area contributed by atoms with E-state index >= 15 is 0 Å². The van der Waals surface area contributed by atoms with Crippen LogP contribution in [0.2, 0.25) is 0 Å². The number of unbranched alkanes of at least 4 members (excludes halogenated alkanes) is 2. The number of rotatable bonds is 7. The molecular formula is C9H18OS. The van der Waals surface area contributed by atoms with Crippen LogP contribution in [0.1, 0.15) is 39.0 Å². The van der Waals surface area contributed by atoms with Crippen molar-refractivity contribution in [1.29, 1.82) is 0 Å². The number of carbonyl (C=O) groups excluding carboxylic acids is 1. The molecular weight excluding hydrogens is 156 g/mol.